The third kappa shape index (κ3) is 2.37. The maximum atomic E-state index is 5.39. The molecule has 0 atom stereocenters. The first-order chi connectivity index (χ1) is 7.42. The minimum absolute atomic E-state index is 0.796. The molecule has 0 spiro atoms. The van der Waals surface area contributed by atoms with Crippen LogP contribution in [0.25, 0.3) is 10.8 Å². The van der Waals surface area contributed by atoms with Crippen molar-refractivity contribution in [1.29, 1.82) is 0 Å². The zero-order valence-corrected chi connectivity index (χ0v) is 9.07. The molecule has 0 aromatic heterocycles. The molecule has 0 aliphatic heterocycles. The van der Waals surface area contributed by atoms with Crippen molar-refractivity contribution < 1.29 is 4.74 Å². The minimum atomic E-state index is 0.796. The Kier molecular flexibility index (Phi) is 3.36. The average molecular weight is 200 g/mol. The maximum absolute atomic E-state index is 5.39. The lowest BCUT2D eigenvalue weighted by atomic mass is 10.0. The van der Waals surface area contributed by atoms with Crippen LogP contribution in [-0.4, -0.2) is 13.2 Å². The molecule has 0 bridgehead atoms. The van der Waals surface area contributed by atoms with E-state index >= 15 is 0 Å². The van der Waals surface area contributed by atoms with Crippen molar-refractivity contribution in [2.45, 2.75) is 13.3 Å². The molecule has 0 aliphatic carbocycles. The molecule has 0 radical (unpaired) electrons. The fraction of sp³-hybridized carbons (Fsp3) is 0.286. The number of benzene rings is 2. The van der Waals surface area contributed by atoms with Crippen molar-refractivity contribution >= 4 is 10.8 Å². The summed E-state index contributed by atoms with van der Waals surface area (Å²) >= 11 is 0. The van der Waals surface area contributed by atoms with Gasteiger partial charge in [-0.25, -0.2) is 0 Å². The summed E-state index contributed by atoms with van der Waals surface area (Å²) in [7, 11) is 0. The van der Waals surface area contributed by atoms with Crippen LogP contribution >= 0.6 is 0 Å². The SMILES string of the molecule is CCOCCc1cccc2ccccc12. The number of ether oxygens (including phenoxy) is 1. The second-order valence-corrected chi connectivity index (χ2v) is 3.59. The van der Waals surface area contributed by atoms with Gasteiger partial charge in [-0.15, -0.1) is 0 Å². The molecular formula is C14H16O. The normalized spacial score (nSPS) is 10.7. The van der Waals surface area contributed by atoms with E-state index in [2.05, 4.69) is 42.5 Å². The van der Waals surface area contributed by atoms with Gasteiger partial charge in [-0.3, -0.25) is 0 Å². The van der Waals surface area contributed by atoms with Crippen LogP contribution in [-0.2, 0) is 11.2 Å². The standard InChI is InChI=1S/C14H16O/c1-2-15-11-10-13-8-5-7-12-6-3-4-9-14(12)13/h3-9H,2,10-11H2,1H3. The number of fused-ring (bicyclic) bond motifs is 1. The highest BCUT2D eigenvalue weighted by Crippen LogP contribution is 2.18. The number of hydrogen-bond donors (Lipinski definition) is 0. The summed E-state index contributed by atoms with van der Waals surface area (Å²) in [6.45, 7) is 3.64. The van der Waals surface area contributed by atoms with Gasteiger partial charge in [0.05, 0.1) is 6.61 Å². The van der Waals surface area contributed by atoms with Crippen LogP contribution < -0.4 is 0 Å². The number of hydrogen-bond acceptors (Lipinski definition) is 1. The molecule has 2 aromatic rings. The molecule has 1 nitrogen and oxygen atoms in total. The summed E-state index contributed by atoms with van der Waals surface area (Å²) in [4.78, 5) is 0. The van der Waals surface area contributed by atoms with Gasteiger partial charge in [0.15, 0.2) is 0 Å². The Morgan fingerprint density at radius 1 is 1.00 bits per heavy atom. The molecular weight excluding hydrogens is 184 g/mol. The van der Waals surface area contributed by atoms with Crippen molar-refractivity contribution in [2.24, 2.45) is 0 Å². The second kappa shape index (κ2) is 4.94. The van der Waals surface area contributed by atoms with Gasteiger partial charge < -0.3 is 4.74 Å². The summed E-state index contributed by atoms with van der Waals surface area (Å²) in [5, 5.41) is 2.66. The molecule has 2 rings (SSSR count). The van der Waals surface area contributed by atoms with Crippen molar-refractivity contribution in [3.8, 4) is 0 Å². The fourth-order valence-electron chi connectivity index (χ4n) is 1.84. The fourth-order valence-corrected chi connectivity index (χ4v) is 1.84. The van der Waals surface area contributed by atoms with E-state index in [9.17, 15) is 0 Å². The van der Waals surface area contributed by atoms with Crippen molar-refractivity contribution in [2.75, 3.05) is 13.2 Å². The molecule has 0 heterocycles. The molecule has 78 valence electrons. The summed E-state index contributed by atoms with van der Waals surface area (Å²) < 4.78 is 5.39. The Morgan fingerprint density at radius 3 is 2.67 bits per heavy atom. The number of rotatable bonds is 4. The predicted molar refractivity (Wildman–Crippen MR) is 64.1 cm³/mol. The van der Waals surface area contributed by atoms with Crippen LogP contribution in [0.15, 0.2) is 42.5 Å². The van der Waals surface area contributed by atoms with Gasteiger partial charge in [0.25, 0.3) is 0 Å². The van der Waals surface area contributed by atoms with Crippen LogP contribution in [0.3, 0.4) is 0 Å². The van der Waals surface area contributed by atoms with Crippen LogP contribution in [0.4, 0.5) is 0 Å². The third-order valence-electron chi connectivity index (χ3n) is 2.60. The topological polar surface area (TPSA) is 9.23 Å². The Balaban J connectivity index is 2.26. The van der Waals surface area contributed by atoms with E-state index < -0.39 is 0 Å². The highest BCUT2D eigenvalue weighted by molar-refractivity contribution is 5.85. The van der Waals surface area contributed by atoms with E-state index in [1.54, 1.807) is 0 Å². The van der Waals surface area contributed by atoms with Gasteiger partial charge in [-0.05, 0) is 29.7 Å². The predicted octanol–water partition coefficient (Wildman–Crippen LogP) is 3.42. The zero-order valence-electron chi connectivity index (χ0n) is 9.07. The lowest BCUT2D eigenvalue weighted by Crippen LogP contribution is -1.98. The molecule has 0 N–H and O–H groups in total. The Bertz CT molecular complexity index is 429. The van der Waals surface area contributed by atoms with Crippen LogP contribution in [0.5, 0.6) is 0 Å². The molecule has 15 heavy (non-hydrogen) atoms. The van der Waals surface area contributed by atoms with Crippen molar-refractivity contribution in [3.05, 3.63) is 48.0 Å². The maximum Gasteiger partial charge on any atom is 0.0506 e. The van der Waals surface area contributed by atoms with Gasteiger partial charge in [0.1, 0.15) is 0 Å². The molecule has 0 fully saturated rings. The zero-order chi connectivity index (χ0) is 10.5. The molecule has 0 saturated heterocycles. The van der Waals surface area contributed by atoms with E-state index in [-0.39, 0.29) is 0 Å². The first-order valence-electron chi connectivity index (χ1n) is 5.46. The van der Waals surface area contributed by atoms with Crippen molar-refractivity contribution in [3.63, 3.8) is 0 Å². The molecule has 0 saturated carbocycles. The Labute approximate surface area is 90.7 Å². The van der Waals surface area contributed by atoms with Crippen LogP contribution in [0.2, 0.25) is 0 Å². The lowest BCUT2D eigenvalue weighted by Gasteiger charge is -2.06. The van der Waals surface area contributed by atoms with Gasteiger partial charge in [0, 0.05) is 6.61 Å². The molecule has 0 amide bonds. The smallest absolute Gasteiger partial charge is 0.0506 e. The quantitative estimate of drug-likeness (QED) is 0.687. The third-order valence-corrected chi connectivity index (χ3v) is 2.60. The lowest BCUT2D eigenvalue weighted by molar-refractivity contribution is 0.151. The van der Waals surface area contributed by atoms with E-state index in [0.717, 1.165) is 19.6 Å². The van der Waals surface area contributed by atoms with E-state index in [0.29, 0.717) is 0 Å². The van der Waals surface area contributed by atoms with Gasteiger partial charge >= 0.3 is 0 Å². The molecule has 1 heteroatoms. The summed E-state index contributed by atoms with van der Waals surface area (Å²) in [5.41, 5.74) is 1.38. The largest absolute Gasteiger partial charge is 0.381 e. The first-order valence-corrected chi connectivity index (χ1v) is 5.46. The highest BCUT2D eigenvalue weighted by atomic mass is 16.5. The van der Waals surface area contributed by atoms with E-state index in [4.69, 9.17) is 4.74 Å². The van der Waals surface area contributed by atoms with Crippen LogP contribution in [0.1, 0.15) is 12.5 Å². The van der Waals surface area contributed by atoms with Gasteiger partial charge in [0.2, 0.25) is 0 Å². The van der Waals surface area contributed by atoms with E-state index in [1.807, 2.05) is 6.92 Å². The molecule has 0 unspecified atom stereocenters. The summed E-state index contributed by atoms with van der Waals surface area (Å²) in [6, 6.07) is 14.9. The Morgan fingerprint density at radius 2 is 1.80 bits per heavy atom. The van der Waals surface area contributed by atoms with Gasteiger partial charge in [-0.1, -0.05) is 42.5 Å². The molecule has 0 aliphatic rings. The highest BCUT2D eigenvalue weighted by Gasteiger charge is 1.99. The van der Waals surface area contributed by atoms with Crippen molar-refractivity contribution in [1.82, 2.24) is 0 Å². The summed E-state index contributed by atoms with van der Waals surface area (Å²) in [6.07, 6.45) is 0.995. The second-order valence-electron chi connectivity index (χ2n) is 3.59. The molecule has 2 aromatic carbocycles. The van der Waals surface area contributed by atoms with Gasteiger partial charge in [-0.2, -0.15) is 0 Å². The van der Waals surface area contributed by atoms with E-state index in [1.165, 1.54) is 16.3 Å². The van der Waals surface area contributed by atoms with Crippen LogP contribution in [0, 0.1) is 0 Å². The average Bonchev–Trinajstić information content (AvgIpc) is 2.30. The Hall–Kier alpha value is -1.34. The first kappa shape index (κ1) is 10.2. The minimum Gasteiger partial charge on any atom is -0.381 e. The summed E-state index contributed by atoms with van der Waals surface area (Å²) in [5.74, 6) is 0. The monoisotopic (exact) mass is 200 g/mol.